The Morgan fingerprint density at radius 1 is 1.10 bits per heavy atom. The van der Waals surface area contributed by atoms with Gasteiger partial charge >= 0.3 is 0 Å². The molecule has 2 heterocycles. The van der Waals surface area contributed by atoms with E-state index in [9.17, 15) is 14.7 Å². The van der Waals surface area contributed by atoms with Crippen LogP contribution in [0.2, 0.25) is 0 Å². The van der Waals surface area contributed by atoms with Crippen molar-refractivity contribution < 1.29 is 19.4 Å². The summed E-state index contributed by atoms with van der Waals surface area (Å²) in [5, 5.41) is 13.9. The molecule has 2 aliphatic rings. The highest BCUT2D eigenvalue weighted by molar-refractivity contribution is 14.1. The summed E-state index contributed by atoms with van der Waals surface area (Å²) in [5.41, 5.74) is 0.638. The summed E-state index contributed by atoms with van der Waals surface area (Å²) in [6, 6.07) is 7.28. The lowest BCUT2D eigenvalue weighted by Crippen LogP contribution is -2.45. The van der Waals surface area contributed by atoms with Crippen LogP contribution in [-0.2, 0) is 14.3 Å². The topological polar surface area (TPSA) is 78.5 Å². The lowest BCUT2D eigenvalue weighted by molar-refractivity contribution is -0.313. The number of hydrogen-bond acceptors (Lipinski definition) is 4. The molecule has 0 spiro atoms. The lowest BCUT2D eigenvalue weighted by atomic mass is 9.82. The van der Waals surface area contributed by atoms with Gasteiger partial charge in [0.25, 0.3) is 0 Å². The van der Waals surface area contributed by atoms with Gasteiger partial charge in [-0.1, -0.05) is 12.2 Å². The maximum absolute atomic E-state index is 12.3. The third-order valence-corrected chi connectivity index (χ3v) is 4.31. The number of carbonyl (C=O) groups is 2. The van der Waals surface area contributed by atoms with E-state index in [1.54, 1.807) is 24.3 Å². The number of carboxylic acid groups (broad SMARTS) is 1. The van der Waals surface area contributed by atoms with Crippen LogP contribution in [0.1, 0.15) is 0 Å². The normalized spacial score (nSPS) is 30.4. The van der Waals surface area contributed by atoms with Crippen LogP contribution < -0.4 is 10.4 Å². The summed E-state index contributed by atoms with van der Waals surface area (Å²) >= 11 is 2.17. The first-order valence-corrected chi connectivity index (χ1v) is 7.25. The Morgan fingerprint density at radius 3 is 2.30 bits per heavy atom. The highest BCUT2D eigenvalue weighted by Gasteiger charge is 2.50. The zero-order valence-corrected chi connectivity index (χ0v) is 12.4. The molecule has 0 aromatic heterocycles. The molecule has 0 saturated carbocycles. The van der Waals surface area contributed by atoms with Crippen molar-refractivity contribution in [1.29, 1.82) is 0 Å². The number of fused-ring (bicyclic) bond motifs is 2. The van der Waals surface area contributed by atoms with Gasteiger partial charge in [0.05, 0.1) is 18.1 Å². The van der Waals surface area contributed by atoms with E-state index in [1.165, 1.54) is 0 Å². The first kappa shape index (κ1) is 13.6. The van der Waals surface area contributed by atoms with Crippen LogP contribution in [0.3, 0.4) is 0 Å². The lowest BCUT2D eigenvalue weighted by Gasteiger charge is -2.24. The minimum atomic E-state index is -1.25. The van der Waals surface area contributed by atoms with E-state index in [4.69, 9.17) is 4.74 Å². The predicted molar refractivity (Wildman–Crippen MR) is 77.6 cm³/mol. The fourth-order valence-electron chi connectivity index (χ4n) is 2.66. The summed E-state index contributed by atoms with van der Waals surface area (Å²) in [4.78, 5) is 23.5. The molecule has 6 heteroatoms. The zero-order valence-electron chi connectivity index (χ0n) is 10.3. The van der Waals surface area contributed by atoms with Crippen molar-refractivity contribution in [3.63, 3.8) is 0 Å². The van der Waals surface area contributed by atoms with Gasteiger partial charge in [0.1, 0.15) is 0 Å². The number of hydrogen-bond donors (Lipinski definition) is 1. The number of anilines is 1. The quantitative estimate of drug-likeness (QED) is 0.610. The van der Waals surface area contributed by atoms with Gasteiger partial charge in [0.15, 0.2) is 0 Å². The molecular weight excluding hydrogens is 373 g/mol. The van der Waals surface area contributed by atoms with Gasteiger partial charge in [-0.3, -0.25) is 4.79 Å². The van der Waals surface area contributed by atoms with Gasteiger partial charge in [-0.15, -0.1) is 0 Å². The molecule has 4 atom stereocenters. The van der Waals surface area contributed by atoms with Crippen LogP contribution in [0.25, 0.3) is 0 Å². The Balaban J connectivity index is 1.78. The summed E-state index contributed by atoms with van der Waals surface area (Å²) in [6.07, 6.45) is 2.38. The molecule has 0 aliphatic carbocycles. The van der Waals surface area contributed by atoms with E-state index in [-0.39, 0.29) is 5.91 Å². The molecule has 0 unspecified atom stereocenters. The van der Waals surface area contributed by atoms with Crippen molar-refractivity contribution in [2.45, 2.75) is 12.2 Å². The smallest absolute Gasteiger partial charge is 0.231 e. The standard InChI is InChI=1S/C14H12INO4/c15-7-1-3-8(4-2-7)16-13(17)11-9-5-6-10(20-9)12(11)14(18)19/h1-6,9-12H,(H,16,17)(H,18,19)/p-1/t9-,10+,11-,12-/m0/s1. The summed E-state index contributed by atoms with van der Waals surface area (Å²) in [5.74, 6) is -3.26. The van der Waals surface area contributed by atoms with Crippen LogP contribution in [0.4, 0.5) is 5.69 Å². The number of benzene rings is 1. The number of nitrogens with one attached hydrogen (secondary N) is 1. The molecule has 1 aromatic carbocycles. The molecule has 1 saturated heterocycles. The molecule has 20 heavy (non-hydrogen) atoms. The van der Waals surface area contributed by atoms with Crippen molar-refractivity contribution in [2.24, 2.45) is 11.8 Å². The second-order valence-corrected chi connectivity index (χ2v) is 6.06. The van der Waals surface area contributed by atoms with E-state index in [1.807, 2.05) is 12.1 Å². The summed E-state index contributed by atoms with van der Waals surface area (Å²) in [7, 11) is 0. The molecule has 2 aliphatic heterocycles. The fourth-order valence-corrected chi connectivity index (χ4v) is 3.02. The second kappa shape index (κ2) is 5.17. The van der Waals surface area contributed by atoms with E-state index < -0.39 is 30.0 Å². The van der Waals surface area contributed by atoms with Crippen molar-refractivity contribution >= 4 is 40.2 Å². The van der Waals surface area contributed by atoms with Crippen molar-refractivity contribution in [2.75, 3.05) is 5.32 Å². The maximum atomic E-state index is 12.3. The van der Waals surface area contributed by atoms with Crippen LogP contribution in [0.15, 0.2) is 36.4 Å². The summed E-state index contributed by atoms with van der Waals surface area (Å²) in [6.45, 7) is 0. The van der Waals surface area contributed by atoms with E-state index in [0.717, 1.165) is 3.57 Å². The highest BCUT2D eigenvalue weighted by atomic mass is 127. The molecule has 1 aromatic rings. The van der Waals surface area contributed by atoms with Crippen molar-refractivity contribution in [1.82, 2.24) is 0 Å². The molecule has 2 bridgehead atoms. The SMILES string of the molecule is O=C(Nc1ccc(I)cc1)[C@@H]1[C@@H](C(=O)[O-])[C@H]2C=C[C@@H]1O2. The van der Waals surface area contributed by atoms with Gasteiger partial charge in [-0.05, 0) is 46.9 Å². The molecule has 5 nitrogen and oxygen atoms in total. The van der Waals surface area contributed by atoms with E-state index in [2.05, 4.69) is 27.9 Å². The number of aliphatic carboxylic acids is 1. The Morgan fingerprint density at radius 2 is 1.70 bits per heavy atom. The van der Waals surface area contributed by atoms with Crippen molar-refractivity contribution in [3.8, 4) is 0 Å². The van der Waals surface area contributed by atoms with Gasteiger partial charge in [0.2, 0.25) is 5.91 Å². The van der Waals surface area contributed by atoms with Crippen LogP contribution >= 0.6 is 22.6 Å². The zero-order chi connectivity index (χ0) is 14.3. The van der Waals surface area contributed by atoms with Gasteiger partial charge < -0.3 is 20.0 Å². The number of amides is 1. The van der Waals surface area contributed by atoms with E-state index in [0.29, 0.717) is 5.69 Å². The fraction of sp³-hybridized carbons (Fsp3) is 0.286. The molecule has 3 rings (SSSR count). The van der Waals surface area contributed by atoms with Crippen LogP contribution in [0, 0.1) is 15.4 Å². The number of ether oxygens (including phenoxy) is 1. The molecule has 1 N–H and O–H groups in total. The number of carboxylic acids is 1. The van der Waals surface area contributed by atoms with Crippen LogP contribution in [-0.4, -0.2) is 24.1 Å². The van der Waals surface area contributed by atoms with Gasteiger partial charge in [-0.2, -0.15) is 0 Å². The average Bonchev–Trinajstić information content (AvgIpc) is 3.01. The van der Waals surface area contributed by atoms with Crippen molar-refractivity contribution in [3.05, 3.63) is 40.0 Å². The largest absolute Gasteiger partial charge is 0.550 e. The number of rotatable bonds is 3. The molecule has 104 valence electrons. The van der Waals surface area contributed by atoms with Gasteiger partial charge in [0, 0.05) is 21.1 Å². The Bertz CT molecular complexity index is 583. The van der Waals surface area contributed by atoms with Gasteiger partial charge in [-0.25, -0.2) is 0 Å². The second-order valence-electron chi connectivity index (χ2n) is 4.82. The number of carbonyl (C=O) groups excluding carboxylic acids is 2. The van der Waals surface area contributed by atoms with E-state index >= 15 is 0 Å². The monoisotopic (exact) mass is 384 g/mol. The average molecular weight is 384 g/mol. The number of halogens is 1. The molecule has 0 radical (unpaired) electrons. The Kier molecular flexibility index (Phi) is 3.51. The third kappa shape index (κ3) is 2.33. The minimum Gasteiger partial charge on any atom is -0.550 e. The highest BCUT2D eigenvalue weighted by Crippen LogP contribution is 2.39. The first-order chi connectivity index (χ1) is 9.56. The maximum Gasteiger partial charge on any atom is 0.231 e. The van der Waals surface area contributed by atoms with Crippen LogP contribution in [0.5, 0.6) is 0 Å². The Hall–Kier alpha value is -1.41. The molecule has 1 amide bonds. The predicted octanol–water partition coefficient (Wildman–Crippen LogP) is 0.549. The first-order valence-electron chi connectivity index (χ1n) is 6.17. The Labute approximate surface area is 129 Å². The third-order valence-electron chi connectivity index (χ3n) is 3.59. The molecule has 1 fully saturated rings. The minimum absolute atomic E-state index is 0.350. The summed E-state index contributed by atoms with van der Waals surface area (Å²) < 4.78 is 6.50. The molecular formula is C14H11INO4-.